The van der Waals surface area contributed by atoms with Crippen LogP contribution in [-0.4, -0.2) is 124 Å². The molecule has 0 aliphatic carbocycles. The fourth-order valence-corrected chi connectivity index (χ4v) is 2.20. The van der Waals surface area contributed by atoms with Crippen molar-refractivity contribution in [3.05, 3.63) is 0 Å². The van der Waals surface area contributed by atoms with Crippen LogP contribution in [0.15, 0.2) is 0 Å². The SMILES string of the molecule is COCCNC(=O)CN(CCN(CC(=O)O)CC(=O)NCCOC)CC(=O)O. The molecule has 0 rings (SSSR count). The quantitative estimate of drug-likeness (QED) is 0.187. The Morgan fingerprint density at radius 1 is 0.714 bits per heavy atom. The molecule has 2 amide bonds. The first-order valence-electron chi connectivity index (χ1n) is 8.68. The zero-order chi connectivity index (χ0) is 21.4. The van der Waals surface area contributed by atoms with Crippen molar-refractivity contribution in [3.8, 4) is 0 Å². The van der Waals surface area contributed by atoms with Crippen molar-refractivity contribution in [1.29, 1.82) is 0 Å². The van der Waals surface area contributed by atoms with E-state index in [0.29, 0.717) is 26.3 Å². The molecule has 0 atom stereocenters. The molecule has 0 aliphatic rings. The number of carboxylic acids is 2. The largest absolute Gasteiger partial charge is 0.480 e. The maximum absolute atomic E-state index is 11.9. The van der Waals surface area contributed by atoms with Crippen LogP contribution in [0.5, 0.6) is 0 Å². The summed E-state index contributed by atoms with van der Waals surface area (Å²) >= 11 is 0. The van der Waals surface area contributed by atoms with E-state index in [1.807, 2.05) is 0 Å². The van der Waals surface area contributed by atoms with Gasteiger partial charge in [0.1, 0.15) is 0 Å². The number of carboxylic acid groups (broad SMARTS) is 2. The molecular formula is C16H30N4O8. The zero-order valence-corrected chi connectivity index (χ0v) is 16.3. The summed E-state index contributed by atoms with van der Waals surface area (Å²) in [6, 6.07) is 0. The minimum absolute atomic E-state index is 0.0998. The van der Waals surface area contributed by atoms with E-state index in [2.05, 4.69) is 10.6 Å². The predicted octanol–water partition coefficient (Wildman–Crippen LogP) is -2.72. The lowest BCUT2D eigenvalue weighted by Gasteiger charge is -2.25. The van der Waals surface area contributed by atoms with Crippen molar-refractivity contribution in [2.24, 2.45) is 0 Å². The summed E-state index contributed by atoms with van der Waals surface area (Å²) in [5.74, 6) is -2.99. The van der Waals surface area contributed by atoms with Gasteiger partial charge < -0.3 is 30.3 Å². The minimum Gasteiger partial charge on any atom is -0.480 e. The summed E-state index contributed by atoms with van der Waals surface area (Å²) in [7, 11) is 2.98. The number of methoxy groups -OCH3 is 2. The maximum atomic E-state index is 11.9. The Balaban J connectivity index is 4.67. The highest BCUT2D eigenvalue weighted by molar-refractivity contribution is 5.79. The summed E-state index contributed by atoms with van der Waals surface area (Å²) in [5.41, 5.74) is 0. The first kappa shape index (κ1) is 25.7. The summed E-state index contributed by atoms with van der Waals surface area (Å²) in [4.78, 5) is 48.5. The number of nitrogens with zero attached hydrogens (tertiary/aromatic N) is 2. The van der Waals surface area contributed by atoms with Crippen LogP contribution in [-0.2, 0) is 28.7 Å². The van der Waals surface area contributed by atoms with Gasteiger partial charge in [-0.05, 0) is 0 Å². The van der Waals surface area contributed by atoms with E-state index in [4.69, 9.17) is 19.7 Å². The van der Waals surface area contributed by atoms with E-state index in [1.165, 1.54) is 24.0 Å². The highest BCUT2D eigenvalue weighted by atomic mass is 16.5. The van der Waals surface area contributed by atoms with Crippen molar-refractivity contribution in [2.45, 2.75) is 0 Å². The lowest BCUT2D eigenvalue weighted by Crippen LogP contribution is -2.47. The van der Waals surface area contributed by atoms with Crippen LogP contribution in [0, 0.1) is 0 Å². The Bertz CT molecular complexity index is 459. The van der Waals surface area contributed by atoms with Gasteiger partial charge in [-0.15, -0.1) is 0 Å². The smallest absolute Gasteiger partial charge is 0.317 e. The number of nitrogens with one attached hydrogen (secondary N) is 2. The Morgan fingerprint density at radius 2 is 1.07 bits per heavy atom. The number of carbonyl (C=O) groups excluding carboxylic acids is 2. The van der Waals surface area contributed by atoms with Crippen LogP contribution < -0.4 is 10.6 Å². The molecule has 28 heavy (non-hydrogen) atoms. The van der Waals surface area contributed by atoms with Gasteiger partial charge >= 0.3 is 11.9 Å². The number of amides is 2. The fourth-order valence-electron chi connectivity index (χ4n) is 2.20. The van der Waals surface area contributed by atoms with Crippen LogP contribution in [0.4, 0.5) is 0 Å². The lowest BCUT2D eigenvalue weighted by molar-refractivity contribution is -0.141. The normalized spacial score (nSPS) is 10.9. The molecule has 0 aliphatic heterocycles. The molecule has 12 nitrogen and oxygen atoms in total. The molecule has 0 aromatic carbocycles. The molecule has 0 unspecified atom stereocenters. The monoisotopic (exact) mass is 406 g/mol. The number of ether oxygens (including phenoxy) is 2. The van der Waals surface area contributed by atoms with Crippen LogP contribution in [0.1, 0.15) is 0 Å². The number of carbonyl (C=O) groups is 4. The molecule has 0 saturated carbocycles. The second kappa shape index (κ2) is 15.7. The van der Waals surface area contributed by atoms with Gasteiger partial charge in [0.15, 0.2) is 0 Å². The van der Waals surface area contributed by atoms with Gasteiger partial charge in [-0.1, -0.05) is 0 Å². The number of hydrogen-bond acceptors (Lipinski definition) is 8. The minimum atomic E-state index is -1.12. The average Bonchev–Trinajstić information content (AvgIpc) is 2.59. The van der Waals surface area contributed by atoms with Gasteiger partial charge in [-0.3, -0.25) is 29.0 Å². The van der Waals surface area contributed by atoms with Crippen LogP contribution in [0.2, 0.25) is 0 Å². The first-order valence-corrected chi connectivity index (χ1v) is 8.68. The second-order valence-electron chi connectivity index (χ2n) is 5.89. The summed E-state index contributed by atoms with van der Waals surface area (Å²) in [6.45, 7) is 0.326. The van der Waals surface area contributed by atoms with Crippen molar-refractivity contribution in [2.75, 3.05) is 79.8 Å². The van der Waals surface area contributed by atoms with Crippen LogP contribution >= 0.6 is 0 Å². The Labute approximate surface area is 163 Å². The Kier molecular flexibility index (Phi) is 14.5. The third-order valence-electron chi connectivity index (χ3n) is 3.44. The molecule has 162 valence electrons. The highest BCUT2D eigenvalue weighted by Crippen LogP contribution is 1.94. The van der Waals surface area contributed by atoms with Gasteiger partial charge in [-0.2, -0.15) is 0 Å². The molecule has 0 radical (unpaired) electrons. The average molecular weight is 406 g/mol. The summed E-state index contributed by atoms with van der Waals surface area (Å²) < 4.78 is 9.64. The molecular weight excluding hydrogens is 376 g/mol. The van der Waals surface area contributed by atoms with Gasteiger partial charge in [0.2, 0.25) is 11.8 Å². The third kappa shape index (κ3) is 14.8. The molecule has 0 bridgehead atoms. The number of rotatable bonds is 17. The second-order valence-corrected chi connectivity index (χ2v) is 5.89. The lowest BCUT2D eigenvalue weighted by atomic mass is 10.3. The van der Waals surface area contributed by atoms with Gasteiger partial charge in [-0.25, -0.2) is 0 Å². The zero-order valence-electron chi connectivity index (χ0n) is 16.3. The van der Waals surface area contributed by atoms with Gasteiger partial charge in [0.25, 0.3) is 0 Å². The van der Waals surface area contributed by atoms with E-state index in [9.17, 15) is 19.2 Å². The molecule has 0 saturated heterocycles. The topological polar surface area (TPSA) is 158 Å². The van der Waals surface area contributed by atoms with Crippen molar-refractivity contribution in [3.63, 3.8) is 0 Å². The van der Waals surface area contributed by atoms with E-state index < -0.39 is 25.0 Å². The first-order chi connectivity index (χ1) is 13.3. The van der Waals surface area contributed by atoms with Gasteiger partial charge in [0, 0.05) is 40.4 Å². The van der Waals surface area contributed by atoms with Crippen molar-refractivity contribution < 1.29 is 38.9 Å². The number of hydrogen-bond donors (Lipinski definition) is 4. The molecule has 0 aromatic heterocycles. The van der Waals surface area contributed by atoms with Crippen molar-refractivity contribution >= 4 is 23.8 Å². The molecule has 0 spiro atoms. The molecule has 0 fully saturated rings. The van der Waals surface area contributed by atoms with E-state index in [-0.39, 0.29) is 38.0 Å². The molecule has 0 heterocycles. The van der Waals surface area contributed by atoms with E-state index in [1.54, 1.807) is 0 Å². The number of aliphatic carboxylic acids is 2. The van der Waals surface area contributed by atoms with Crippen LogP contribution in [0.25, 0.3) is 0 Å². The molecule has 0 aromatic rings. The van der Waals surface area contributed by atoms with Gasteiger partial charge in [0.05, 0.1) is 39.4 Å². The molecule has 4 N–H and O–H groups in total. The maximum Gasteiger partial charge on any atom is 0.317 e. The third-order valence-corrected chi connectivity index (χ3v) is 3.44. The standard InChI is InChI=1S/C16H30N4O8/c1-27-7-3-17-13(21)9-19(11-15(23)24)5-6-20(12-16(25)26)10-14(22)18-4-8-28-2/h3-12H2,1-2H3,(H,17,21)(H,18,22)(H,23,24)(H,25,26). The molecule has 12 heteroatoms. The summed E-state index contributed by atoms with van der Waals surface area (Å²) in [5, 5.41) is 23.2. The summed E-state index contributed by atoms with van der Waals surface area (Å²) in [6.07, 6.45) is 0. The van der Waals surface area contributed by atoms with Crippen LogP contribution in [0.3, 0.4) is 0 Å². The van der Waals surface area contributed by atoms with E-state index >= 15 is 0 Å². The predicted molar refractivity (Wildman–Crippen MR) is 97.9 cm³/mol. The Hall–Kier alpha value is -2.28. The highest BCUT2D eigenvalue weighted by Gasteiger charge is 2.18. The van der Waals surface area contributed by atoms with Crippen molar-refractivity contribution in [1.82, 2.24) is 20.4 Å². The fraction of sp³-hybridized carbons (Fsp3) is 0.750. The van der Waals surface area contributed by atoms with E-state index in [0.717, 1.165) is 0 Å². The Morgan fingerprint density at radius 3 is 1.36 bits per heavy atom.